The number of rotatable bonds is 6. The van der Waals surface area contributed by atoms with Crippen molar-refractivity contribution >= 4 is 29.7 Å². The largest absolute Gasteiger partial charge is 0.493 e. The summed E-state index contributed by atoms with van der Waals surface area (Å²) in [4.78, 5) is 28.4. The predicted octanol–water partition coefficient (Wildman–Crippen LogP) is 4.48. The highest BCUT2D eigenvalue weighted by molar-refractivity contribution is 6.32. The molecule has 2 rings (SSSR count). The molecule has 0 radical (unpaired) electrons. The fourth-order valence-corrected chi connectivity index (χ4v) is 3.82. The molecule has 0 spiro atoms. The Morgan fingerprint density at radius 2 is 1.97 bits per heavy atom. The third-order valence-corrected chi connectivity index (χ3v) is 5.22. The standard InChI is InChI=1S/C23H33ClN2O5/c1-23(2,3)31-22(28)25(4)14-17-8-7-11-26(15-17)20(27)10-9-16-12-18(24)21(30-6)19(13-16)29-5/h9-10,12-13,17H,7-8,11,14-15H2,1-6H3/b10-9+. The lowest BCUT2D eigenvalue weighted by Gasteiger charge is -2.34. The van der Waals surface area contributed by atoms with Crippen molar-refractivity contribution in [1.29, 1.82) is 0 Å². The lowest BCUT2D eigenvalue weighted by atomic mass is 9.97. The van der Waals surface area contributed by atoms with Crippen LogP contribution in [0.4, 0.5) is 4.79 Å². The first kappa shape index (κ1) is 24.9. The van der Waals surface area contributed by atoms with Crippen LogP contribution in [0.5, 0.6) is 11.5 Å². The van der Waals surface area contributed by atoms with E-state index in [4.69, 9.17) is 25.8 Å². The van der Waals surface area contributed by atoms with Crippen LogP contribution in [0.1, 0.15) is 39.2 Å². The molecular formula is C23H33ClN2O5. The molecule has 31 heavy (non-hydrogen) atoms. The fourth-order valence-electron chi connectivity index (χ4n) is 3.52. The molecule has 0 aliphatic carbocycles. The molecule has 1 aromatic carbocycles. The number of piperidine rings is 1. The van der Waals surface area contributed by atoms with Crippen molar-refractivity contribution in [3.8, 4) is 11.5 Å². The summed E-state index contributed by atoms with van der Waals surface area (Å²) in [5.41, 5.74) is 0.215. The molecule has 8 heteroatoms. The van der Waals surface area contributed by atoms with Gasteiger partial charge in [0, 0.05) is 32.8 Å². The quantitative estimate of drug-likeness (QED) is 0.595. The number of methoxy groups -OCH3 is 2. The minimum Gasteiger partial charge on any atom is -0.493 e. The first-order valence-corrected chi connectivity index (χ1v) is 10.7. The molecule has 7 nitrogen and oxygen atoms in total. The Morgan fingerprint density at radius 1 is 1.26 bits per heavy atom. The molecule has 0 bridgehead atoms. The van der Waals surface area contributed by atoms with Gasteiger partial charge in [-0.2, -0.15) is 0 Å². The molecule has 1 aliphatic rings. The van der Waals surface area contributed by atoms with Gasteiger partial charge in [0.05, 0.1) is 19.2 Å². The van der Waals surface area contributed by atoms with Crippen LogP contribution in [0.15, 0.2) is 18.2 Å². The number of amides is 2. The number of halogens is 1. The van der Waals surface area contributed by atoms with Crippen molar-refractivity contribution in [2.75, 3.05) is 40.9 Å². The maximum absolute atomic E-state index is 12.7. The SMILES string of the molecule is COc1cc(/C=C/C(=O)N2CCCC(CN(C)C(=O)OC(C)(C)C)C2)cc(Cl)c1OC. The number of carbonyl (C=O) groups excluding carboxylic acids is 2. The molecule has 1 aromatic rings. The zero-order chi connectivity index (χ0) is 23.2. The lowest BCUT2D eigenvalue weighted by molar-refractivity contribution is -0.127. The van der Waals surface area contributed by atoms with Crippen molar-refractivity contribution in [1.82, 2.24) is 9.80 Å². The minimum absolute atomic E-state index is 0.0736. The van der Waals surface area contributed by atoms with Gasteiger partial charge in [-0.1, -0.05) is 11.6 Å². The summed E-state index contributed by atoms with van der Waals surface area (Å²) >= 11 is 6.23. The number of hydrogen-bond acceptors (Lipinski definition) is 5. The van der Waals surface area contributed by atoms with E-state index in [0.717, 1.165) is 18.4 Å². The Labute approximate surface area is 189 Å². The molecular weight excluding hydrogens is 420 g/mol. The summed E-state index contributed by atoms with van der Waals surface area (Å²) in [6.07, 6.45) is 4.77. The fraction of sp³-hybridized carbons (Fsp3) is 0.565. The third-order valence-electron chi connectivity index (χ3n) is 4.94. The van der Waals surface area contributed by atoms with Crippen LogP contribution in [0.2, 0.25) is 5.02 Å². The number of benzene rings is 1. The maximum atomic E-state index is 12.7. The third kappa shape index (κ3) is 7.35. The molecule has 1 atom stereocenters. The Hall–Kier alpha value is -2.41. The normalized spacial score (nSPS) is 16.9. The van der Waals surface area contributed by atoms with Crippen LogP contribution >= 0.6 is 11.6 Å². The Morgan fingerprint density at radius 3 is 2.58 bits per heavy atom. The second-order valence-corrected chi connectivity index (χ2v) is 9.13. The van der Waals surface area contributed by atoms with Crippen LogP contribution in [0.25, 0.3) is 6.08 Å². The van der Waals surface area contributed by atoms with Crippen molar-refractivity contribution in [3.63, 3.8) is 0 Å². The molecule has 0 aromatic heterocycles. The molecule has 1 unspecified atom stereocenters. The highest BCUT2D eigenvalue weighted by Gasteiger charge is 2.26. The Kier molecular flexibility index (Phi) is 8.62. The van der Waals surface area contributed by atoms with Crippen molar-refractivity contribution in [2.24, 2.45) is 5.92 Å². The van der Waals surface area contributed by atoms with Gasteiger partial charge < -0.3 is 24.0 Å². The first-order valence-electron chi connectivity index (χ1n) is 10.4. The van der Waals surface area contributed by atoms with E-state index in [1.807, 2.05) is 25.7 Å². The second kappa shape index (κ2) is 10.8. The van der Waals surface area contributed by atoms with Crippen LogP contribution in [0, 0.1) is 5.92 Å². The van der Waals surface area contributed by atoms with E-state index >= 15 is 0 Å². The van der Waals surface area contributed by atoms with Gasteiger partial charge >= 0.3 is 6.09 Å². The van der Waals surface area contributed by atoms with Crippen molar-refractivity contribution in [2.45, 2.75) is 39.2 Å². The molecule has 1 aliphatic heterocycles. The van der Waals surface area contributed by atoms with E-state index in [1.54, 1.807) is 30.2 Å². The second-order valence-electron chi connectivity index (χ2n) is 8.72. The van der Waals surface area contributed by atoms with Crippen molar-refractivity contribution < 1.29 is 23.8 Å². The topological polar surface area (TPSA) is 68.3 Å². The summed E-state index contributed by atoms with van der Waals surface area (Å²) in [7, 11) is 4.79. The summed E-state index contributed by atoms with van der Waals surface area (Å²) in [5.74, 6) is 1.10. The van der Waals surface area contributed by atoms with Gasteiger partial charge in [0.15, 0.2) is 11.5 Å². The number of likely N-dealkylation sites (tertiary alicyclic amines) is 1. The molecule has 1 saturated heterocycles. The Balaban J connectivity index is 1.98. The van der Waals surface area contributed by atoms with E-state index in [1.165, 1.54) is 20.3 Å². The van der Waals surface area contributed by atoms with Crippen molar-refractivity contribution in [3.05, 3.63) is 28.8 Å². The maximum Gasteiger partial charge on any atom is 0.410 e. The Bertz CT molecular complexity index is 819. The highest BCUT2D eigenvalue weighted by atomic mass is 35.5. The van der Waals surface area contributed by atoms with E-state index in [2.05, 4.69) is 0 Å². The number of hydrogen-bond donors (Lipinski definition) is 0. The minimum atomic E-state index is -0.530. The van der Waals surface area contributed by atoms with E-state index < -0.39 is 5.60 Å². The predicted molar refractivity (Wildman–Crippen MR) is 122 cm³/mol. The highest BCUT2D eigenvalue weighted by Crippen LogP contribution is 2.36. The van der Waals surface area contributed by atoms with Gasteiger partial charge in [0.1, 0.15) is 5.60 Å². The van der Waals surface area contributed by atoms with E-state index in [-0.39, 0.29) is 17.9 Å². The van der Waals surface area contributed by atoms with Crippen LogP contribution in [-0.2, 0) is 9.53 Å². The first-order chi connectivity index (χ1) is 14.5. The van der Waals surface area contributed by atoms with Crippen LogP contribution in [0.3, 0.4) is 0 Å². The smallest absolute Gasteiger partial charge is 0.410 e. The molecule has 0 N–H and O–H groups in total. The average Bonchev–Trinajstić information content (AvgIpc) is 2.70. The van der Waals surface area contributed by atoms with Gasteiger partial charge in [-0.25, -0.2) is 4.79 Å². The van der Waals surface area contributed by atoms with Gasteiger partial charge in [-0.05, 0) is 63.3 Å². The molecule has 1 heterocycles. The monoisotopic (exact) mass is 452 g/mol. The van der Waals surface area contributed by atoms with Gasteiger partial charge in [0.2, 0.25) is 5.91 Å². The summed E-state index contributed by atoms with van der Waals surface area (Å²) in [6.45, 7) is 7.38. The van der Waals surface area contributed by atoms with Crippen LogP contribution < -0.4 is 9.47 Å². The van der Waals surface area contributed by atoms with E-state index in [9.17, 15) is 9.59 Å². The number of carbonyl (C=O) groups is 2. The molecule has 2 amide bonds. The lowest BCUT2D eigenvalue weighted by Crippen LogP contribution is -2.44. The molecule has 172 valence electrons. The zero-order valence-corrected chi connectivity index (χ0v) is 20.0. The summed E-state index contributed by atoms with van der Waals surface area (Å²) < 4.78 is 15.9. The number of nitrogens with zero attached hydrogens (tertiary/aromatic N) is 2. The molecule has 0 saturated carbocycles. The van der Waals surface area contributed by atoms with Crippen LogP contribution in [-0.4, -0.2) is 68.3 Å². The average molecular weight is 453 g/mol. The zero-order valence-electron chi connectivity index (χ0n) is 19.2. The summed E-state index contributed by atoms with van der Waals surface area (Å²) in [6, 6.07) is 3.49. The summed E-state index contributed by atoms with van der Waals surface area (Å²) in [5, 5.41) is 0.414. The van der Waals surface area contributed by atoms with Gasteiger partial charge in [-0.15, -0.1) is 0 Å². The van der Waals surface area contributed by atoms with Gasteiger partial charge in [-0.3, -0.25) is 4.79 Å². The van der Waals surface area contributed by atoms with E-state index in [0.29, 0.717) is 36.2 Å². The van der Waals surface area contributed by atoms with Gasteiger partial charge in [0.25, 0.3) is 0 Å². The number of ether oxygens (including phenoxy) is 3. The molecule has 1 fully saturated rings.